The average molecular weight is 805 g/mol. The first kappa shape index (κ1) is 38.1. The summed E-state index contributed by atoms with van der Waals surface area (Å²) in [7, 11) is 0. The van der Waals surface area contributed by atoms with E-state index in [1.54, 1.807) is 0 Å². The van der Waals surface area contributed by atoms with Crippen molar-refractivity contribution in [2.75, 3.05) is 9.80 Å². The highest BCUT2D eigenvalue weighted by Gasteiger charge is 2.31. The zero-order valence-electron chi connectivity index (χ0n) is 35.2. The van der Waals surface area contributed by atoms with E-state index in [1.807, 2.05) is 12.1 Å². The van der Waals surface area contributed by atoms with Crippen molar-refractivity contribution in [1.82, 2.24) is 0 Å². The summed E-state index contributed by atoms with van der Waals surface area (Å²) in [6, 6.07) is 72.4. The van der Waals surface area contributed by atoms with Crippen molar-refractivity contribution in [3.8, 4) is 22.3 Å². The fourth-order valence-electron chi connectivity index (χ4n) is 10.8. The van der Waals surface area contributed by atoms with Crippen LogP contribution in [0.5, 0.6) is 0 Å². The molecule has 1 heterocycles. The Balaban J connectivity index is 0.929. The summed E-state index contributed by atoms with van der Waals surface area (Å²) in [4.78, 5) is 4.75. The fourth-order valence-corrected chi connectivity index (χ4v) is 10.8. The average Bonchev–Trinajstić information content (AvgIpc) is 3.71. The molecule has 1 aromatic heterocycles. The maximum Gasteiger partial charge on any atom is 0.137 e. The fraction of sp³-hybridized carbons (Fsp3) is 0.186. The van der Waals surface area contributed by atoms with Crippen LogP contribution in [0.1, 0.15) is 50.5 Å². The van der Waals surface area contributed by atoms with Crippen LogP contribution in [-0.4, -0.2) is 0 Å². The standard InChI is InChI=1S/C59H52N2O/c1-4-16-47(17-5-1)56-39-42(26-27-45-37-43-14-12-15-44(36-43)38-45)28-35-57(56)61(50-21-8-3-9-22-50)51-31-29-46(30-32-51)48-18-13-23-52(40-48)60(49-19-6-2-7-20-49)53-33-34-55-54-24-10-11-25-58(54)62-59(55)41-53/h1-11,13,16-25,28-35,39-41,43-45H,12,14-15,26-27,36-38H2. The van der Waals surface area contributed by atoms with Gasteiger partial charge in [0.25, 0.3) is 0 Å². The number of aryl methyl sites for hydroxylation is 1. The molecular formula is C59H52N2O. The van der Waals surface area contributed by atoms with Crippen LogP contribution in [0.15, 0.2) is 205 Å². The highest BCUT2D eigenvalue weighted by atomic mass is 16.3. The molecule has 0 amide bonds. The van der Waals surface area contributed by atoms with Crippen molar-refractivity contribution in [2.24, 2.45) is 17.8 Å². The lowest BCUT2D eigenvalue weighted by Crippen LogP contribution is -2.27. The Morgan fingerprint density at radius 3 is 1.77 bits per heavy atom. The second-order valence-corrected chi connectivity index (χ2v) is 17.7. The van der Waals surface area contributed by atoms with E-state index in [2.05, 4.69) is 198 Å². The molecular weight excluding hydrogens is 753 g/mol. The van der Waals surface area contributed by atoms with Gasteiger partial charge in [0.05, 0.1) is 5.69 Å². The molecule has 0 aliphatic heterocycles. The van der Waals surface area contributed by atoms with Crippen molar-refractivity contribution in [1.29, 1.82) is 0 Å². The van der Waals surface area contributed by atoms with Gasteiger partial charge in [-0.25, -0.2) is 0 Å². The molecule has 2 saturated carbocycles. The van der Waals surface area contributed by atoms with Crippen LogP contribution in [0.2, 0.25) is 0 Å². The Labute approximate surface area is 365 Å². The van der Waals surface area contributed by atoms with Crippen LogP contribution in [0.3, 0.4) is 0 Å². The topological polar surface area (TPSA) is 19.6 Å². The van der Waals surface area contributed by atoms with Gasteiger partial charge in [-0.1, -0.05) is 135 Å². The van der Waals surface area contributed by atoms with Gasteiger partial charge < -0.3 is 14.2 Å². The third-order valence-corrected chi connectivity index (χ3v) is 13.7. The molecule has 2 aliphatic rings. The van der Waals surface area contributed by atoms with Crippen molar-refractivity contribution >= 4 is 56.1 Å². The van der Waals surface area contributed by atoms with Crippen LogP contribution >= 0.6 is 0 Å². The minimum atomic E-state index is 0.868. The van der Waals surface area contributed by atoms with Crippen LogP contribution in [0, 0.1) is 17.8 Å². The van der Waals surface area contributed by atoms with E-state index in [-0.39, 0.29) is 0 Å². The normalized spacial score (nSPS) is 17.3. The van der Waals surface area contributed by atoms with E-state index in [0.29, 0.717) is 0 Å². The molecule has 11 rings (SSSR count). The number of fused-ring (bicyclic) bond motifs is 5. The molecule has 0 spiro atoms. The second-order valence-electron chi connectivity index (χ2n) is 17.7. The lowest BCUT2D eigenvalue weighted by atomic mass is 9.67. The van der Waals surface area contributed by atoms with E-state index in [9.17, 15) is 0 Å². The third-order valence-electron chi connectivity index (χ3n) is 13.7. The van der Waals surface area contributed by atoms with Gasteiger partial charge in [0.15, 0.2) is 0 Å². The largest absolute Gasteiger partial charge is 0.456 e. The van der Waals surface area contributed by atoms with Crippen LogP contribution in [-0.2, 0) is 6.42 Å². The molecule has 2 bridgehead atoms. The highest BCUT2D eigenvalue weighted by molar-refractivity contribution is 6.06. The van der Waals surface area contributed by atoms with E-state index >= 15 is 0 Å². The van der Waals surface area contributed by atoms with Gasteiger partial charge in [-0.3, -0.25) is 0 Å². The zero-order chi connectivity index (χ0) is 41.2. The number of nitrogens with zero attached hydrogens (tertiary/aromatic N) is 2. The minimum Gasteiger partial charge on any atom is -0.456 e. The molecule has 2 aliphatic carbocycles. The van der Waals surface area contributed by atoms with Crippen molar-refractivity contribution < 1.29 is 4.42 Å². The minimum absolute atomic E-state index is 0.868. The molecule has 62 heavy (non-hydrogen) atoms. The monoisotopic (exact) mass is 804 g/mol. The number of anilines is 6. The highest BCUT2D eigenvalue weighted by Crippen LogP contribution is 2.46. The molecule has 3 nitrogen and oxygen atoms in total. The maximum absolute atomic E-state index is 6.36. The molecule has 2 fully saturated rings. The molecule has 9 aromatic rings. The first-order valence-electron chi connectivity index (χ1n) is 22.7. The molecule has 304 valence electrons. The van der Waals surface area contributed by atoms with Gasteiger partial charge in [0.2, 0.25) is 0 Å². The Morgan fingerprint density at radius 2 is 1.02 bits per heavy atom. The predicted octanol–water partition coefficient (Wildman–Crippen LogP) is 17.0. The smallest absolute Gasteiger partial charge is 0.137 e. The van der Waals surface area contributed by atoms with E-state index in [1.165, 1.54) is 67.3 Å². The summed E-state index contributed by atoms with van der Waals surface area (Å²) in [5, 5.41) is 2.26. The first-order chi connectivity index (χ1) is 30.7. The van der Waals surface area contributed by atoms with Gasteiger partial charge in [-0.2, -0.15) is 0 Å². The SMILES string of the molecule is c1ccc(-c2cc(CCC3CC4CCCC(C4)C3)ccc2N(c2ccccc2)c2ccc(-c3cccc(N(c4ccccc4)c4ccc5c(c4)oc4ccccc45)c3)cc2)cc1. The van der Waals surface area contributed by atoms with Gasteiger partial charge in [0, 0.05) is 50.8 Å². The first-order valence-corrected chi connectivity index (χ1v) is 22.7. The van der Waals surface area contributed by atoms with Crippen LogP contribution < -0.4 is 9.80 Å². The van der Waals surface area contributed by atoms with Crippen LogP contribution in [0.25, 0.3) is 44.2 Å². The molecule has 3 heteroatoms. The van der Waals surface area contributed by atoms with Gasteiger partial charge in [0.1, 0.15) is 11.2 Å². The molecule has 0 N–H and O–H groups in total. The molecule has 2 unspecified atom stereocenters. The summed E-state index contributed by atoms with van der Waals surface area (Å²) >= 11 is 0. The van der Waals surface area contributed by atoms with Crippen molar-refractivity contribution in [3.63, 3.8) is 0 Å². The number of hydrogen-bond donors (Lipinski definition) is 0. The van der Waals surface area contributed by atoms with Gasteiger partial charge >= 0.3 is 0 Å². The van der Waals surface area contributed by atoms with Gasteiger partial charge in [-0.15, -0.1) is 0 Å². The quantitative estimate of drug-likeness (QED) is 0.130. The number of hydrogen-bond acceptors (Lipinski definition) is 3. The van der Waals surface area contributed by atoms with Crippen LogP contribution in [0.4, 0.5) is 34.1 Å². The Morgan fingerprint density at radius 1 is 0.419 bits per heavy atom. The molecule has 2 atom stereocenters. The molecule has 8 aromatic carbocycles. The lowest BCUT2D eigenvalue weighted by Gasteiger charge is -2.39. The number of furan rings is 1. The molecule has 0 radical (unpaired) electrons. The summed E-state index contributed by atoms with van der Waals surface area (Å²) in [6.45, 7) is 0. The lowest BCUT2D eigenvalue weighted by molar-refractivity contribution is 0.132. The predicted molar refractivity (Wildman–Crippen MR) is 260 cm³/mol. The number of para-hydroxylation sites is 3. The maximum atomic E-state index is 6.36. The van der Waals surface area contributed by atoms with E-state index in [4.69, 9.17) is 4.42 Å². The Hall–Kier alpha value is -6.84. The third kappa shape index (κ3) is 7.69. The zero-order valence-corrected chi connectivity index (χ0v) is 35.2. The molecule has 0 saturated heterocycles. The van der Waals surface area contributed by atoms with Crippen molar-refractivity contribution in [2.45, 2.75) is 51.4 Å². The van der Waals surface area contributed by atoms with Crippen molar-refractivity contribution in [3.05, 3.63) is 206 Å². The van der Waals surface area contributed by atoms with E-state index in [0.717, 1.165) is 85.7 Å². The summed E-state index contributed by atoms with van der Waals surface area (Å²) in [5.74, 6) is 2.81. The van der Waals surface area contributed by atoms with E-state index < -0.39 is 0 Å². The second kappa shape index (κ2) is 16.9. The summed E-state index contributed by atoms with van der Waals surface area (Å²) in [6.07, 6.45) is 11.2. The Kier molecular flexibility index (Phi) is 10.4. The summed E-state index contributed by atoms with van der Waals surface area (Å²) in [5.41, 5.74) is 14.7. The summed E-state index contributed by atoms with van der Waals surface area (Å²) < 4.78 is 6.36. The number of benzene rings is 8. The number of rotatable bonds is 11. The van der Waals surface area contributed by atoms with Gasteiger partial charge in [-0.05, 0) is 151 Å². The Bertz CT molecular complexity index is 2920.